The first-order valence-electron chi connectivity index (χ1n) is 5.96. The van der Waals surface area contributed by atoms with Crippen molar-refractivity contribution in [3.05, 3.63) is 23.9 Å². The Morgan fingerprint density at radius 3 is 2.47 bits per heavy atom. The molecule has 17 heavy (non-hydrogen) atoms. The molecule has 0 saturated heterocycles. The highest BCUT2D eigenvalue weighted by molar-refractivity contribution is 5.40. The van der Waals surface area contributed by atoms with Crippen molar-refractivity contribution in [1.29, 1.82) is 0 Å². The van der Waals surface area contributed by atoms with Gasteiger partial charge in [0.15, 0.2) is 0 Å². The van der Waals surface area contributed by atoms with Gasteiger partial charge in [0, 0.05) is 25.9 Å². The van der Waals surface area contributed by atoms with Crippen LogP contribution in [0.15, 0.2) is 18.3 Å². The summed E-state index contributed by atoms with van der Waals surface area (Å²) in [6, 6.07) is 4.22. The zero-order valence-corrected chi connectivity index (χ0v) is 11.1. The fourth-order valence-corrected chi connectivity index (χ4v) is 1.64. The minimum Gasteiger partial charge on any atom is -0.389 e. The molecule has 96 valence electrons. The summed E-state index contributed by atoms with van der Waals surface area (Å²) < 4.78 is 5.10. The Kier molecular flexibility index (Phi) is 5.38. The number of nitrogens with zero attached hydrogens (tertiary/aromatic N) is 2. The lowest BCUT2D eigenvalue weighted by Gasteiger charge is -2.27. The lowest BCUT2D eigenvalue weighted by molar-refractivity contribution is 0.198. The summed E-state index contributed by atoms with van der Waals surface area (Å²) in [5.74, 6) is 0.918. The van der Waals surface area contributed by atoms with Gasteiger partial charge in [-0.05, 0) is 32.4 Å². The summed E-state index contributed by atoms with van der Waals surface area (Å²) in [5, 5.41) is 9.43. The quantitative estimate of drug-likeness (QED) is 0.823. The standard InChI is InChI=1S/C13H22N2O2/c1-10(2)15(7-8-17-4)13-6-5-12(9-14-13)11(3)16/h5-6,9-11,16H,7-8H2,1-4H3/t11-/m0/s1. The monoisotopic (exact) mass is 238 g/mol. The fraction of sp³-hybridized carbons (Fsp3) is 0.615. The molecule has 0 fully saturated rings. The molecule has 0 aromatic carbocycles. The summed E-state index contributed by atoms with van der Waals surface area (Å²) in [6.45, 7) is 7.48. The van der Waals surface area contributed by atoms with Gasteiger partial charge in [-0.1, -0.05) is 6.07 Å². The van der Waals surface area contributed by atoms with Gasteiger partial charge in [0.1, 0.15) is 5.82 Å². The van der Waals surface area contributed by atoms with E-state index in [-0.39, 0.29) is 0 Å². The SMILES string of the molecule is COCCN(c1ccc([C@H](C)O)cn1)C(C)C. The average molecular weight is 238 g/mol. The number of pyridine rings is 1. The van der Waals surface area contributed by atoms with Gasteiger partial charge in [-0.2, -0.15) is 0 Å². The number of hydrogen-bond donors (Lipinski definition) is 1. The number of aliphatic hydroxyl groups excluding tert-OH is 1. The first-order chi connectivity index (χ1) is 8.06. The molecule has 1 atom stereocenters. The smallest absolute Gasteiger partial charge is 0.128 e. The highest BCUT2D eigenvalue weighted by Crippen LogP contribution is 2.17. The zero-order valence-electron chi connectivity index (χ0n) is 11.1. The van der Waals surface area contributed by atoms with Gasteiger partial charge in [-0.3, -0.25) is 0 Å². The van der Waals surface area contributed by atoms with Gasteiger partial charge >= 0.3 is 0 Å². The molecule has 0 bridgehead atoms. The zero-order chi connectivity index (χ0) is 12.8. The van der Waals surface area contributed by atoms with Crippen LogP contribution in [0.1, 0.15) is 32.4 Å². The lowest BCUT2D eigenvalue weighted by atomic mass is 10.2. The summed E-state index contributed by atoms with van der Waals surface area (Å²) in [6.07, 6.45) is 1.25. The van der Waals surface area contributed by atoms with E-state index in [4.69, 9.17) is 4.74 Å². The Hall–Kier alpha value is -1.13. The van der Waals surface area contributed by atoms with Gasteiger partial charge < -0.3 is 14.7 Å². The second-order valence-electron chi connectivity index (χ2n) is 4.41. The second kappa shape index (κ2) is 6.57. The number of methoxy groups -OCH3 is 1. The maximum absolute atomic E-state index is 9.43. The molecule has 0 radical (unpaired) electrons. The molecule has 1 N–H and O–H groups in total. The molecule has 1 aromatic heterocycles. The predicted molar refractivity (Wildman–Crippen MR) is 69.2 cm³/mol. The molecule has 0 aliphatic heterocycles. The average Bonchev–Trinajstić information content (AvgIpc) is 2.29. The predicted octanol–water partition coefficient (Wildman–Crippen LogP) is 2.00. The molecule has 0 aliphatic rings. The van der Waals surface area contributed by atoms with Crippen molar-refractivity contribution in [3.8, 4) is 0 Å². The van der Waals surface area contributed by atoms with E-state index in [0.717, 1.165) is 17.9 Å². The highest BCUT2D eigenvalue weighted by atomic mass is 16.5. The van der Waals surface area contributed by atoms with Crippen molar-refractivity contribution >= 4 is 5.82 Å². The van der Waals surface area contributed by atoms with Gasteiger partial charge in [0.2, 0.25) is 0 Å². The Morgan fingerprint density at radius 1 is 1.35 bits per heavy atom. The fourth-order valence-electron chi connectivity index (χ4n) is 1.64. The van der Waals surface area contributed by atoms with E-state index in [1.165, 1.54) is 0 Å². The van der Waals surface area contributed by atoms with Crippen LogP contribution in [0.3, 0.4) is 0 Å². The van der Waals surface area contributed by atoms with E-state index < -0.39 is 6.10 Å². The molecule has 1 rings (SSSR count). The lowest BCUT2D eigenvalue weighted by Crippen LogP contribution is -2.34. The molecule has 0 saturated carbocycles. The first kappa shape index (κ1) is 13.9. The normalized spacial score (nSPS) is 12.8. The Balaban J connectivity index is 2.80. The minimum absolute atomic E-state index is 0.370. The summed E-state index contributed by atoms with van der Waals surface area (Å²) in [4.78, 5) is 6.56. The van der Waals surface area contributed by atoms with E-state index in [1.807, 2.05) is 12.1 Å². The van der Waals surface area contributed by atoms with Crippen molar-refractivity contribution in [2.45, 2.75) is 32.9 Å². The molecular weight excluding hydrogens is 216 g/mol. The Labute approximate surface area is 103 Å². The maximum Gasteiger partial charge on any atom is 0.128 e. The molecule has 0 aliphatic carbocycles. The number of aromatic nitrogens is 1. The second-order valence-corrected chi connectivity index (χ2v) is 4.41. The molecular formula is C13H22N2O2. The van der Waals surface area contributed by atoms with E-state index in [0.29, 0.717) is 12.6 Å². The molecule has 4 nitrogen and oxygen atoms in total. The van der Waals surface area contributed by atoms with Crippen LogP contribution in [-0.4, -0.2) is 36.4 Å². The first-order valence-corrected chi connectivity index (χ1v) is 5.96. The topological polar surface area (TPSA) is 45.6 Å². The summed E-state index contributed by atoms with van der Waals surface area (Å²) in [7, 11) is 1.70. The number of rotatable bonds is 6. The van der Waals surface area contributed by atoms with Gasteiger partial charge in [-0.15, -0.1) is 0 Å². The van der Waals surface area contributed by atoms with Crippen LogP contribution in [0.25, 0.3) is 0 Å². The van der Waals surface area contributed by atoms with Crippen LogP contribution in [0.2, 0.25) is 0 Å². The number of hydrogen-bond acceptors (Lipinski definition) is 4. The molecule has 1 heterocycles. The van der Waals surface area contributed by atoms with Crippen molar-refractivity contribution in [2.24, 2.45) is 0 Å². The molecule has 4 heteroatoms. The number of anilines is 1. The van der Waals surface area contributed by atoms with Crippen LogP contribution in [0.4, 0.5) is 5.82 Å². The molecule has 0 spiro atoms. The van der Waals surface area contributed by atoms with E-state index in [2.05, 4.69) is 23.7 Å². The third-order valence-electron chi connectivity index (χ3n) is 2.71. The van der Waals surface area contributed by atoms with Crippen LogP contribution in [-0.2, 0) is 4.74 Å². The third kappa shape index (κ3) is 3.98. The highest BCUT2D eigenvalue weighted by Gasteiger charge is 2.11. The van der Waals surface area contributed by atoms with Crippen LogP contribution in [0.5, 0.6) is 0 Å². The van der Waals surface area contributed by atoms with Crippen LogP contribution >= 0.6 is 0 Å². The third-order valence-corrected chi connectivity index (χ3v) is 2.71. The van der Waals surface area contributed by atoms with Crippen LogP contribution < -0.4 is 4.90 Å². The number of aliphatic hydroxyl groups is 1. The summed E-state index contributed by atoms with van der Waals surface area (Å²) in [5.41, 5.74) is 0.837. The molecule has 0 amide bonds. The number of ether oxygens (including phenoxy) is 1. The van der Waals surface area contributed by atoms with Gasteiger partial charge in [0.25, 0.3) is 0 Å². The largest absolute Gasteiger partial charge is 0.389 e. The van der Waals surface area contributed by atoms with Crippen molar-refractivity contribution in [1.82, 2.24) is 4.98 Å². The van der Waals surface area contributed by atoms with E-state index in [1.54, 1.807) is 20.2 Å². The van der Waals surface area contributed by atoms with Crippen molar-refractivity contribution < 1.29 is 9.84 Å². The van der Waals surface area contributed by atoms with Gasteiger partial charge in [-0.25, -0.2) is 4.98 Å². The van der Waals surface area contributed by atoms with Crippen molar-refractivity contribution in [3.63, 3.8) is 0 Å². The Morgan fingerprint density at radius 2 is 2.06 bits per heavy atom. The van der Waals surface area contributed by atoms with Gasteiger partial charge in [0.05, 0.1) is 12.7 Å². The maximum atomic E-state index is 9.43. The Bertz CT molecular complexity index is 323. The van der Waals surface area contributed by atoms with Crippen LogP contribution in [0, 0.1) is 0 Å². The van der Waals surface area contributed by atoms with Crippen molar-refractivity contribution in [2.75, 3.05) is 25.2 Å². The van der Waals surface area contributed by atoms with E-state index in [9.17, 15) is 5.11 Å². The molecule has 0 unspecified atom stereocenters. The molecule has 1 aromatic rings. The summed E-state index contributed by atoms with van der Waals surface area (Å²) >= 11 is 0. The van der Waals surface area contributed by atoms with E-state index >= 15 is 0 Å². The minimum atomic E-state index is -0.469.